The molecule has 3 aromatic carbocycles. The minimum atomic E-state index is -1.43. The van der Waals surface area contributed by atoms with Crippen LogP contribution in [0.1, 0.15) is 28.7 Å². The maximum Gasteiger partial charge on any atom is 0.408 e. The first kappa shape index (κ1) is 23.0. The molecule has 0 saturated heterocycles. The van der Waals surface area contributed by atoms with Crippen LogP contribution in [0.2, 0.25) is 0 Å². The van der Waals surface area contributed by atoms with Gasteiger partial charge in [-0.05, 0) is 28.3 Å². The largest absolute Gasteiger partial charge is 0.496 e. The molecule has 0 spiro atoms. The Kier molecular flexibility index (Phi) is 6.58. The van der Waals surface area contributed by atoms with Gasteiger partial charge in [-0.2, -0.15) is 0 Å². The van der Waals surface area contributed by atoms with Crippen molar-refractivity contribution < 1.29 is 33.6 Å². The maximum atomic E-state index is 12.7. The highest BCUT2D eigenvalue weighted by atomic mass is 16.5. The van der Waals surface area contributed by atoms with E-state index in [1.165, 1.54) is 33.5 Å². The monoisotopic (exact) mass is 463 g/mol. The summed E-state index contributed by atoms with van der Waals surface area (Å²) in [6.07, 6.45) is -0.855. The van der Waals surface area contributed by atoms with Gasteiger partial charge in [-0.1, -0.05) is 48.5 Å². The van der Waals surface area contributed by atoms with E-state index in [9.17, 15) is 14.7 Å². The molecule has 0 aliphatic heterocycles. The summed E-state index contributed by atoms with van der Waals surface area (Å²) in [6, 6.07) is 17.5. The molecule has 8 heteroatoms. The van der Waals surface area contributed by atoms with E-state index in [0.717, 1.165) is 22.3 Å². The molecule has 176 valence electrons. The quantitative estimate of drug-likeness (QED) is 0.511. The zero-order valence-corrected chi connectivity index (χ0v) is 19.0. The van der Waals surface area contributed by atoms with Crippen molar-refractivity contribution in [2.75, 3.05) is 27.9 Å². The molecule has 1 aliphatic rings. The Hall–Kier alpha value is -4.20. The first-order chi connectivity index (χ1) is 16.5. The summed E-state index contributed by atoms with van der Waals surface area (Å²) in [6.45, 7) is 0.0647. The number of aliphatic carboxylic acids is 1. The van der Waals surface area contributed by atoms with E-state index < -0.39 is 18.1 Å². The summed E-state index contributed by atoms with van der Waals surface area (Å²) in [5.74, 6) is -0.521. The van der Waals surface area contributed by atoms with Gasteiger partial charge in [-0.3, -0.25) is 0 Å². The number of ether oxygens (including phenoxy) is 4. The Labute approximate surface area is 197 Å². The molecule has 0 radical (unpaired) electrons. The Morgan fingerprint density at radius 1 is 0.853 bits per heavy atom. The van der Waals surface area contributed by atoms with Crippen molar-refractivity contribution in [1.82, 2.24) is 5.32 Å². The molecule has 0 aromatic heterocycles. The third-order valence-electron chi connectivity index (χ3n) is 5.90. The van der Waals surface area contributed by atoms with Crippen LogP contribution in [0.3, 0.4) is 0 Å². The van der Waals surface area contributed by atoms with Crippen LogP contribution in [0, 0.1) is 0 Å². The number of carboxylic acids is 1. The Bertz CT molecular complexity index is 1180. The van der Waals surface area contributed by atoms with Crippen molar-refractivity contribution in [2.24, 2.45) is 0 Å². The number of carbonyl (C=O) groups excluding carboxylic acids is 1. The van der Waals surface area contributed by atoms with E-state index in [2.05, 4.69) is 5.32 Å². The molecule has 2 N–H and O–H groups in total. The second kappa shape index (κ2) is 9.74. The number of carbonyl (C=O) groups is 2. The van der Waals surface area contributed by atoms with E-state index in [1.54, 1.807) is 0 Å². The van der Waals surface area contributed by atoms with Crippen molar-refractivity contribution in [3.63, 3.8) is 0 Å². The van der Waals surface area contributed by atoms with Gasteiger partial charge in [0.05, 0.1) is 21.3 Å². The van der Waals surface area contributed by atoms with Crippen molar-refractivity contribution in [2.45, 2.75) is 12.0 Å². The lowest BCUT2D eigenvalue weighted by Crippen LogP contribution is -2.35. The fourth-order valence-corrected chi connectivity index (χ4v) is 4.31. The number of rotatable bonds is 8. The fourth-order valence-electron chi connectivity index (χ4n) is 4.31. The van der Waals surface area contributed by atoms with E-state index >= 15 is 0 Å². The fraction of sp³-hybridized carbons (Fsp3) is 0.231. The first-order valence-corrected chi connectivity index (χ1v) is 10.6. The smallest absolute Gasteiger partial charge is 0.408 e. The number of benzene rings is 3. The van der Waals surface area contributed by atoms with Crippen molar-refractivity contribution in [3.8, 4) is 28.4 Å². The molecule has 1 amide bonds. The van der Waals surface area contributed by atoms with E-state index in [4.69, 9.17) is 18.9 Å². The van der Waals surface area contributed by atoms with Crippen molar-refractivity contribution >= 4 is 12.1 Å². The van der Waals surface area contributed by atoms with E-state index in [1.807, 2.05) is 48.5 Å². The first-order valence-electron chi connectivity index (χ1n) is 10.6. The Balaban J connectivity index is 1.54. The second-order valence-corrected chi connectivity index (χ2v) is 7.69. The van der Waals surface area contributed by atoms with Gasteiger partial charge in [0.25, 0.3) is 0 Å². The summed E-state index contributed by atoms with van der Waals surface area (Å²) >= 11 is 0. The lowest BCUT2D eigenvalue weighted by Gasteiger charge is -2.20. The van der Waals surface area contributed by atoms with Crippen LogP contribution in [0.5, 0.6) is 17.2 Å². The van der Waals surface area contributed by atoms with Gasteiger partial charge in [-0.25, -0.2) is 9.59 Å². The molecule has 8 nitrogen and oxygen atoms in total. The predicted molar refractivity (Wildman–Crippen MR) is 125 cm³/mol. The molecule has 0 saturated carbocycles. The highest BCUT2D eigenvalue weighted by Gasteiger charge is 2.31. The third-order valence-corrected chi connectivity index (χ3v) is 5.90. The lowest BCUT2D eigenvalue weighted by atomic mass is 9.98. The molecule has 4 rings (SSSR count). The molecule has 0 unspecified atom stereocenters. The van der Waals surface area contributed by atoms with Crippen LogP contribution in [0.25, 0.3) is 11.1 Å². The number of amides is 1. The molecule has 0 heterocycles. The average Bonchev–Trinajstić information content (AvgIpc) is 3.18. The van der Waals surface area contributed by atoms with Gasteiger partial charge < -0.3 is 29.4 Å². The van der Waals surface area contributed by atoms with Crippen LogP contribution >= 0.6 is 0 Å². The molecule has 1 aliphatic carbocycles. The zero-order valence-electron chi connectivity index (χ0n) is 19.0. The molecule has 1 atom stereocenters. The minimum Gasteiger partial charge on any atom is -0.496 e. The molecule has 34 heavy (non-hydrogen) atoms. The summed E-state index contributed by atoms with van der Waals surface area (Å²) in [4.78, 5) is 24.7. The molecule has 0 fully saturated rings. The maximum absolute atomic E-state index is 12.7. The van der Waals surface area contributed by atoms with E-state index in [-0.39, 0.29) is 23.8 Å². The van der Waals surface area contributed by atoms with Gasteiger partial charge in [-0.15, -0.1) is 0 Å². The average molecular weight is 463 g/mol. The summed E-state index contributed by atoms with van der Waals surface area (Å²) < 4.78 is 21.4. The molecular weight excluding hydrogens is 438 g/mol. The number of hydrogen-bond donors (Lipinski definition) is 2. The Morgan fingerprint density at radius 3 is 1.91 bits per heavy atom. The van der Waals surface area contributed by atoms with Gasteiger partial charge in [0, 0.05) is 17.5 Å². The number of nitrogens with one attached hydrogen (secondary N) is 1. The SMILES string of the molecule is COc1cc(OC)c([C@H](NC(=O)OCC2c3ccccc3-c3ccccc32)C(=O)O)cc1OC. The normalized spacial score (nSPS) is 12.8. The topological polar surface area (TPSA) is 103 Å². The number of methoxy groups -OCH3 is 3. The molecule has 3 aromatic rings. The van der Waals surface area contributed by atoms with E-state index in [0.29, 0.717) is 11.5 Å². The number of alkyl carbamates (subject to hydrolysis) is 1. The van der Waals surface area contributed by atoms with Crippen molar-refractivity contribution in [1.29, 1.82) is 0 Å². The van der Waals surface area contributed by atoms with Gasteiger partial charge >= 0.3 is 12.1 Å². The standard InChI is InChI=1S/C26H25NO7/c1-31-21-13-23(33-3)22(32-2)12-19(21)24(25(28)29)27-26(30)34-14-20-17-10-6-4-8-15(17)16-9-5-7-11-18(16)20/h4-13,20,24H,14H2,1-3H3,(H,27,30)(H,28,29)/t24-/m0/s1. The highest BCUT2D eigenvalue weighted by molar-refractivity contribution is 5.83. The van der Waals surface area contributed by atoms with Crippen LogP contribution in [0.15, 0.2) is 60.7 Å². The number of carboxylic acid groups (broad SMARTS) is 1. The lowest BCUT2D eigenvalue weighted by molar-refractivity contribution is -0.139. The minimum absolute atomic E-state index is 0.0647. The number of fused-ring (bicyclic) bond motifs is 3. The second-order valence-electron chi connectivity index (χ2n) is 7.69. The van der Waals surface area contributed by atoms with Crippen LogP contribution < -0.4 is 19.5 Å². The zero-order chi connectivity index (χ0) is 24.2. The molecular formula is C26H25NO7. The van der Waals surface area contributed by atoms with Crippen LogP contribution in [-0.4, -0.2) is 45.1 Å². The van der Waals surface area contributed by atoms with Gasteiger partial charge in [0.15, 0.2) is 17.5 Å². The summed E-state index contributed by atoms with van der Waals surface area (Å²) in [7, 11) is 4.29. The summed E-state index contributed by atoms with van der Waals surface area (Å²) in [5.41, 5.74) is 4.53. The predicted octanol–water partition coefficient (Wildman–Crippen LogP) is 4.38. The summed E-state index contributed by atoms with van der Waals surface area (Å²) in [5, 5.41) is 12.3. The number of hydrogen-bond acceptors (Lipinski definition) is 6. The van der Waals surface area contributed by atoms with Crippen molar-refractivity contribution in [3.05, 3.63) is 77.4 Å². The van der Waals surface area contributed by atoms with Crippen LogP contribution in [-0.2, 0) is 9.53 Å². The van der Waals surface area contributed by atoms with Crippen LogP contribution in [0.4, 0.5) is 4.79 Å². The Morgan fingerprint density at radius 2 is 1.38 bits per heavy atom. The highest BCUT2D eigenvalue weighted by Crippen LogP contribution is 2.44. The van der Waals surface area contributed by atoms with Gasteiger partial charge in [0.1, 0.15) is 12.4 Å². The third kappa shape index (κ3) is 4.22. The van der Waals surface area contributed by atoms with Gasteiger partial charge in [0.2, 0.25) is 0 Å². The molecule has 0 bridgehead atoms.